The molecule has 76 valence electrons. The van der Waals surface area contributed by atoms with Gasteiger partial charge in [-0.3, -0.25) is 4.79 Å². The number of carbonyl (C=O) groups is 1. The Bertz CT molecular complexity index is 420. The van der Waals surface area contributed by atoms with Crippen molar-refractivity contribution in [3.05, 3.63) is 60.1 Å². The van der Waals surface area contributed by atoms with Crippen molar-refractivity contribution in [2.45, 2.75) is 6.54 Å². The van der Waals surface area contributed by atoms with Gasteiger partial charge in [-0.2, -0.15) is 0 Å². The molecule has 2 aromatic rings. The van der Waals surface area contributed by atoms with Crippen LogP contribution >= 0.6 is 0 Å². The molecular formula is C12H11NO2. The number of furan rings is 1. The molecule has 0 fully saturated rings. The lowest BCUT2D eigenvalue weighted by atomic mass is 10.2. The van der Waals surface area contributed by atoms with Gasteiger partial charge in [-0.1, -0.05) is 30.3 Å². The lowest BCUT2D eigenvalue weighted by Crippen LogP contribution is -2.22. The van der Waals surface area contributed by atoms with E-state index in [4.69, 9.17) is 4.42 Å². The summed E-state index contributed by atoms with van der Waals surface area (Å²) in [5, 5.41) is 2.80. The maximum Gasteiger partial charge on any atom is 0.254 e. The van der Waals surface area contributed by atoms with Gasteiger partial charge in [0.25, 0.3) is 5.91 Å². The van der Waals surface area contributed by atoms with Gasteiger partial charge in [-0.05, 0) is 11.6 Å². The molecule has 0 bridgehead atoms. The molecule has 1 aromatic carbocycles. The predicted molar refractivity (Wildman–Crippen MR) is 56.3 cm³/mol. The Balaban J connectivity index is 1.92. The van der Waals surface area contributed by atoms with E-state index in [1.807, 2.05) is 30.3 Å². The summed E-state index contributed by atoms with van der Waals surface area (Å²) in [5.41, 5.74) is 1.63. The van der Waals surface area contributed by atoms with E-state index in [-0.39, 0.29) is 5.91 Å². The fourth-order valence-corrected chi connectivity index (χ4v) is 1.27. The highest BCUT2D eigenvalue weighted by molar-refractivity contribution is 5.93. The molecule has 0 radical (unpaired) electrons. The summed E-state index contributed by atoms with van der Waals surface area (Å²) in [7, 11) is 0. The molecular weight excluding hydrogens is 190 g/mol. The van der Waals surface area contributed by atoms with Gasteiger partial charge < -0.3 is 9.73 Å². The molecule has 0 atom stereocenters. The Morgan fingerprint density at radius 2 is 2.00 bits per heavy atom. The molecule has 0 aliphatic carbocycles. The van der Waals surface area contributed by atoms with E-state index < -0.39 is 0 Å². The van der Waals surface area contributed by atoms with Crippen LogP contribution in [0.4, 0.5) is 0 Å². The van der Waals surface area contributed by atoms with Crippen molar-refractivity contribution in [1.82, 2.24) is 5.32 Å². The van der Waals surface area contributed by atoms with Crippen LogP contribution in [0.15, 0.2) is 53.3 Å². The van der Waals surface area contributed by atoms with Gasteiger partial charge in [-0.15, -0.1) is 0 Å². The molecule has 1 aromatic heterocycles. The number of hydrogen-bond donors (Lipinski definition) is 1. The van der Waals surface area contributed by atoms with Crippen molar-refractivity contribution in [3.8, 4) is 0 Å². The van der Waals surface area contributed by atoms with Crippen LogP contribution in [0.3, 0.4) is 0 Å². The summed E-state index contributed by atoms with van der Waals surface area (Å²) in [6.07, 6.45) is 2.91. The average molecular weight is 201 g/mol. The summed E-state index contributed by atoms with van der Waals surface area (Å²) in [6, 6.07) is 11.4. The molecule has 0 unspecified atom stereocenters. The third kappa shape index (κ3) is 2.47. The van der Waals surface area contributed by atoms with Gasteiger partial charge in [-0.25, -0.2) is 0 Å². The monoisotopic (exact) mass is 201 g/mol. The van der Waals surface area contributed by atoms with E-state index in [9.17, 15) is 4.79 Å². The Morgan fingerprint density at radius 1 is 1.20 bits per heavy atom. The fraction of sp³-hybridized carbons (Fsp3) is 0.0833. The molecule has 15 heavy (non-hydrogen) atoms. The maximum atomic E-state index is 11.5. The standard InChI is InChI=1S/C12H11NO2/c14-12(11-6-7-15-9-11)13-8-10-4-2-1-3-5-10/h1-7,9H,8H2,(H,13,14). The largest absolute Gasteiger partial charge is 0.472 e. The third-order valence-electron chi connectivity index (χ3n) is 2.08. The zero-order chi connectivity index (χ0) is 10.5. The number of amides is 1. The second-order valence-electron chi connectivity index (χ2n) is 3.18. The summed E-state index contributed by atoms with van der Waals surface area (Å²) in [4.78, 5) is 11.5. The van der Waals surface area contributed by atoms with Crippen molar-refractivity contribution in [2.24, 2.45) is 0 Å². The van der Waals surface area contributed by atoms with Gasteiger partial charge in [0.05, 0.1) is 11.8 Å². The smallest absolute Gasteiger partial charge is 0.254 e. The van der Waals surface area contributed by atoms with Crippen LogP contribution in [-0.4, -0.2) is 5.91 Å². The lowest BCUT2D eigenvalue weighted by Gasteiger charge is -2.02. The van der Waals surface area contributed by atoms with Gasteiger partial charge in [0, 0.05) is 6.54 Å². The quantitative estimate of drug-likeness (QED) is 0.827. The van der Waals surface area contributed by atoms with Crippen molar-refractivity contribution in [2.75, 3.05) is 0 Å². The lowest BCUT2D eigenvalue weighted by molar-refractivity contribution is 0.0950. The number of benzene rings is 1. The van der Waals surface area contributed by atoms with Crippen LogP contribution in [0.1, 0.15) is 15.9 Å². The van der Waals surface area contributed by atoms with Crippen molar-refractivity contribution >= 4 is 5.91 Å². The van der Waals surface area contributed by atoms with Gasteiger partial charge in [0.2, 0.25) is 0 Å². The average Bonchev–Trinajstić information content (AvgIpc) is 2.81. The second-order valence-corrected chi connectivity index (χ2v) is 3.18. The van der Waals surface area contributed by atoms with Crippen LogP contribution in [0.25, 0.3) is 0 Å². The summed E-state index contributed by atoms with van der Waals surface area (Å²) < 4.78 is 4.83. The minimum absolute atomic E-state index is 0.118. The molecule has 2 rings (SSSR count). The highest BCUT2D eigenvalue weighted by Gasteiger charge is 2.05. The van der Waals surface area contributed by atoms with Gasteiger partial charge in [0.1, 0.15) is 6.26 Å². The van der Waals surface area contributed by atoms with Crippen molar-refractivity contribution < 1.29 is 9.21 Å². The van der Waals surface area contributed by atoms with E-state index in [2.05, 4.69) is 5.32 Å². The van der Waals surface area contributed by atoms with E-state index in [1.165, 1.54) is 12.5 Å². The number of carbonyl (C=O) groups excluding carboxylic acids is 1. The normalized spacial score (nSPS) is 9.87. The molecule has 3 heteroatoms. The molecule has 0 saturated carbocycles. The number of nitrogens with one attached hydrogen (secondary N) is 1. The highest BCUT2D eigenvalue weighted by atomic mass is 16.3. The second kappa shape index (κ2) is 4.46. The first-order valence-corrected chi connectivity index (χ1v) is 4.70. The van der Waals surface area contributed by atoms with Gasteiger partial charge in [0.15, 0.2) is 0 Å². The van der Waals surface area contributed by atoms with Crippen LogP contribution in [-0.2, 0) is 6.54 Å². The van der Waals surface area contributed by atoms with E-state index in [0.717, 1.165) is 5.56 Å². The Morgan fingerprint density at radius 3 is 2.67 bits per heavy atom. The molecule has 0 aliphatic rings. The van der Waals surface area contributed by atoms with Crippen LogP contribution in [0, 0.1) is 0 Å². The van der Waals surface area contributed by atoms with Gasteiger partial charge >= 0.3 is 0 Å². The van der Waals surface area contributed by atoms with Crippen LogP contribution < -0.4 is 5.32 Å². The first-order valence-electron chi connectivity index (χ1n) is 4.70. The number of hydrogen-bond acceptors (Lipinski definition) is 2. The Kier molecular flexibility index (Phi) is 2.83. The minimum Gasteiger partial charge on any atom is -0.472 e. The molecule has 0 spiro atoms. The van der Waals surface area contributed by atoms with Crippen LogP contribution in [0.2, 0.25) is 0 Å². The fourth-order valence-electron chi connectivity index (χ4n) is 1.27. The first-order chi connectivity index (χ1) is 7.36. The predicted octanol–water partition coefficient (Wildman–Crippen LogP) is 2.21. The summed E-state index contributed by atoms with van der Waals surface area (Å²) >= 11 is 0. The van der Waals surface area contributed by atoms with E-state index in [1.54, 1.807) is 6.07 Å². The highest BCUT2D eigenvalue weighted by Crippen LogP contribution is 2.01. The third-order valence-corrected chi connectivity index (χ3v) is 2.08. The Labute approximate surface area is 87.7 Å². The molecule has 1 heterocycles. The SMILES string of the molecule is O=C(NCc1ccccc1)c1ccoc1. The minimum atomic E-state index is -0.118. The topological polar surface area (TPSA) is 42.2 Å². The van der Waals surface area contributed by atoms with Crippen molar-refractivity contribution in [1.29, 1.82) is 0 Å². The summed E-state index contributed by atoms with van der Waals surface area (Å²) in [6.45, 7) is 0.533. The zero-order valence-corrected chi connectivity index (χ0v) is 8.14. The van der Waals surface area contributed by atoms with Crippen LogP contribution in [0.5, 0.6) is 0 Å². The van der Waals surface area contributed by atoms with Crippen molar-refractivity contribution in [3.63, 3.8) is 0 Å². The molecule has 3 nitrogen and oxygen atoms in total. The number of rotatable bonds is 3. The molecule has 0 aliphatic heterocycles. The molecule has 1 N–H and O–H groups in total. The van der Waals surface area contributed by atoms with E-state index in [0.29, 0.717) is 12.1 Å². The first kappa shape index (κ1) is 9.52. The molecule has 1 amide bonds. The maximum absolute atomic E-state index is 11.5. The zero-order valence-electron chi connectivity index (χ0n) is 8.14. The molecule has 0 saturated heterocycles. The van der Waals surface area contributed by atoms with E-state index >= 15 is 0 Å². The Hall–Kier alpha value is -2.03. The summed E-state index contributed by atoms with van der Waals surface area (Å²) in [5.74, 6) is -0.118.